The van der Waals surface area contributed by atoms with Gasteiger partial charge in [0.05, 0.1) is 12.0 Å². The Hall–Kier alpha value is -0.680. The van der Waals surface area contributed by atoms with Gasteiger partial charge in [0.1, 0.15) is 0 Å². The zero-order valence-electron chi connectivity index (χ0n) is 8.98. The van der Waals surface area contributed by atoms with E-state index >= 15 is 0 Å². The van der Waals surface area contributed by atoms with E-state index in [0.29, 0.717) is 11.8 Å². The average Bonchev–Trinajstić information content (AvgIpc) is 2.85. The molecule has 15 heavy (non-hydrogen) atoms. The summed E-state index contributed by atoms with van der Waals surface area (Å²) in [6.07, 6.45) is 7.91. The van der Waals surface area contributed by atoms with Crippen LogP contribution in [-0.2, 0) is 17.3 Å². The molecule has 5 heteroatoms. The Balaban J connectivity index is 2.04. The Labute approximate surface area is 92.5 Å². The lowest BCUT2D eigenvalue weighted by atomic mass is 10.2. The highest BCUT2D eigenvalue weighted by Crippen LogP contribution is 2.22. The molecule has 2 atom stereocenters. The number of nitrogens with one attached hydrogen (secondary N) is 1. The summed E-state index contributed by atoms with van der Waals surface area (Å²) in [4.78, 5) is 4.17. The molecule has 0 spiro atoms. The highest BCUT2D eigenvalue weighted by atomic mass is 32.2. The van der Waals surface area contributed by atoms with Gasteiger partial charge in [0.2, 0.25) is 0 Å². The van der Waals surface area contributed by atoms with Crippen LogP contribution in [-0.4, -0.2) is 32.3 Å². The Morgan fingerprint density at radius 1 is 1.73 bits per heavy atom. The third-order valence-corrected chi connectivity index (χ3v) is 3.54. The molecule has 0 saturated carbocycles. The molecule has 4 nitrogen and oxygen atoms in total. The summed E-state index contributed by atoms with van der Waals surface area (Å²) in [6.45, 7) is 1.90. The van der Waals surface area contributed by atoms with E-state index in [1.165, 1.54) is 18.5 Å². The Bertz CT molecular complexity index is 344. The minimum absolute atomic E-state index is 0.442. The molecule has 1 saturated heterocycles. The molecule has 1 aliphatic heterocycles. The Morgan fingerprint density at radius 2 is 2.60 bits per heavy atom. The van der Waals surface area contributed by atoms with E-state index in [2.05, 4.69) is 14.9 Å². The first-order chi connectivity index (χ1) is 7.27. The monoisotopic (exact) mass is 227 g/mol. The Kier molecular flexibility index (Phi) is 3.53. The maximum atomic E-state index is 11.0. The highest BCUT2D eigenvalue weighted by molar-refractivity contribution is 7.84. The van der Waals surface area contributed by atoms with Crippen LogP contribution in [0.1, 0.15) is 24.6 Å². The number of hydrogen-bond donors (Lipinski definition) is 1. The second-order valence-electron chi connectivity index (χ2n) is 3.94. The molecule has 84 valence electrons. The summed E-state index contributed by atoms with van der Waals surface area (Å²) < 4.78 is 13.1. The molecule has 0 radical (unpaired) electrons. The van der Waals surface area contributed by atoms with E-state index in [1.807, 2.05) is 12.5 Å². The molecule has 1 aromatic heterocycles. The summed E-state index contributed by atoms with van der Waals surface area (Å²) >= 11 is 0. The lowest BCUT2D eigenvalue weighted by Gasteiger charge is -2.13. The number of aryl methyl sites for hydroxylation is 1. The minimum atomic E-state index is -0.729. The molecule has 1 aromatic rings. The second kappa shape index (κ2) is 4.90. The van der Waals surface area contributed by atoms with E-state index in [0.717, 1.165) is 13.1 Å². The van der Waals surface area contributed by atoms with E-state index < -0.39 is 10.8 Å². The van der Waals surface area contributed by atoms with Crippen LogP contribution < -0.4 is 5.32 Å². The first-order valence-electron chi connectivity index (χ1n) is 5.31. The number of hydrogen-bond acceptors (Lipinski definition) is 3. The zero-order valence-corrected chi connectivity index (χ0v) is 9.80. The summed E-state index contributed by atoms with van der Waals surface area (Å²) in [5, 5.41) is 3.45. The molecule has 1 fully saturated rings. The summed E-state index contributed by atoms with van der Waals surface area (Å²) in [5.74, 6) is 0.704. The first kappa shape index (κ1) is 10.8. The largest absolute Gasteiger partial charge is 0.332 e. The van der Waals surface area contributed by atoms with Crippen LogP contribution in [0.3, 0.4) is 0 Å². The van der Waals surface area contributed by atoms with Crippen LogP contribution in [0, 0.1) is 0 Å². The number of rotatable bonds is 4. The third kappa shape index (κ3) is 2.66. The molecular formula is C10H17N3OS. The van der Waals surface area contributed by atoms with E-state index in [-0.39, 0.29) is 0 Å². The van der Waals surface area contributed by atoms with Crippen LogP contribution in [0.15, 0.2) is 12.5 Å². The van der Waals surface area contributed by atoms with Gasteiger partial charge in [-0.1, -0.05) is 0 Å². The molecule has 2 rings (SSSR count). The van der Waals surface area contributed by atoms with E-state index in [4.69, 9.17) is 0 Å². The van der Waals surface area contributed by atoms with Gasteiger partial charge >= 0.3 is 0 Å². The smallest absolute Gasteiger partial charge is 0.0948 e. The number of aromatic nitrogens is 2. The maximum absolute atomic E-state index is 11.0. The lowest BCUT2D eigenvalue weighted by molar-refractivity contribution is 0.577. The standard InChI is InChI=1S/C10H17N3OS/c1-15(14)6-5-13-8-11-7-10(13)9-3-2-4-12-9/h7-9,12H,2-6H2,1H3. The van der Waals surface area contributed by atoms with Crippen molar-refractivity contribution < 1.29 is 4.21 Å². The second-order valence-corrected chi connectivity index (χ2v) is 5.49. The van der Waals surface area contributed by atoms with E-state index in [9.17, 15) is 4.21 Å². The molecule has 1 aliphatic rings. The molecule has 0 aromatic carbocycles. The van der Waals surface area contributed by atoms with Crippen molar-refractivity contribution in [2.45, 2.75) is 25.4 Å². The normalized spacial score (nSPS) is 23.1. The van der Waals surface area contributed by atoms with Crippen molar-refractivity contribution >= 4 is 10.8 Å². The molecule has 0 aliphatic carbocycles. The van der Waals surface area contributed by atoms with E-state index in [1.54, 1.807) is 6.26 Å². The van der Waals surface area contributed by atoms with Gasteiger partial charge in [-0.2, -0.15) is 0 Å². The Morgan fingerprint density at radius 3 is 3.27 bits per heavy atom. The molecular weight excluding hydrogens is 210 g/mol. The fourth-order valence-corrected chi connectivity index (χ4v) is 2.43. The van der Waals surface area contributed by atoms with Gasteiger partial charge in [0, 0.05) is 41.6 Å². The van der Waals surface area contributed by atoms with Gasteiger partial charge in [0.25, 0.3) is 0 Å². The van der Waals surface area contributed by atoms with Gasteiger partial charge in [-0.15, -0.1) is 0 Å². The number of imidazole rings is 1. The zero-order chi connectivity index (χ0) is 10.7. The van der Waals surface area contributed by atoms with Gasteiger partial charge in [-0.3, -0.25) is 4.21 Å². The molecule has 2 unspecified atom stereocenters. The van der Waals surface area contributed by atoms with Crippen LogP contribution >= 0.6 is 0 Å². The summed E-state index contributed by atoms with van der Waals surface area (Å²) in [6, 6.07) is 0.442. The molecule has 0 amide bonds. The maximum Gasteiger partial charge on any atom is 0.0948 e. The van der Waals surface area contributed by atoms with Crippen molar-refractivity contribution in [2.24, 2.45) is 0 Å². The quantitative estimate of drug-likeness (QED) is 0.823. The SMILES string of the molecule is CS(=O)CCn1cncc1C1CCCN1. The topological polar surface area (TPSA) is 46.9 Å². The predicted octanol–water partition coefficient (Wildman–Crippen LogP) is 0.686. The van der Waals surface area contributed by atoms with Crippen LogP contribution in [0.5, 0.6) is 0 Å². The lowest BCUT2D eigenvalue weighted by Crippen LogP contribution is -2.18. The van der Waals surface area contributed by atoms with Gasteiger partial charge in [-0.25, -0.2) is 4.98 Å². The minimum Gasteiger partial charge on any atom is -0.332 e. The van der Waals surface area contributed by atoms with Crippen molar-refractivity contribution in [1.82, 2.24) is 14.9 Å². The van der Waals surface area contributed by atoms with Crippen molar-refractivity contribution in [1.29, 1.82) is 0 Å². The van der Waals surface area contributed by atoms with Crippen molar-refractivity contribution in [3.05, 3.63) is 18.2 Å². The molecule has 0 bridgehead atoms. The average molecular weight is 227 g/mol. The summed E-state index contributed by atoms with van der Waals surface area (Å²) in [5.41, 5.74) is 1.23. The fraction of sp³-hybridized carbons (Fsp3) is 0.700. The van der Waals surface area contributed by atoms with Gasteiger partial charge in [0.15, 0.2) is 0 Å². The highest BCUT2D eigenvalue weighted by Gasteiger charge is 2.19. The summed E-state index contributed by atoms with van der Waals surface area (Å²) in [7, 11) is -0.729. The van der Waals surface area contributed by atoms with Gasteiger partial charge < -0.3 is 9.88 Å². The fourth-order valence-electron chi connectivity index (χ4n) is 1.97. The number of nitrogens with zero attached hydrogens (tertiary/aromatic N) is 2. The van der Waals surface area contributed by atoms with Crippen molar-refractivity contribution in [2.75, 3.05) is 18.6 Å². The van der Waals surface area contributed by atoms with Crippen molar-refractivity contribution in [3.63, 3.8) is 0 Å². The van der Waals surface area contributed by atoms with Crippen LogP contribution in [0.25, 0.3) is 0 Å². The van der Waals surface area contributed by atoms with Crippen LogP contribution in [0.2, 0.25) is 0 Å². The first-order valence-corrected chi connectivity index (χ1v) is 7.03. The molecule has 1 N–H and O–H groups in total. The third-order valence-electron chi connectivity index (χ3n) is 2.78. The van der Waals surface area contributed by atoms with Gasteiger partial charge in [-0.05, 0) is 19.4 Å². The van der Waals surface area contributed by atoms with Crippen LogP contribution in [0.4, 0.5) is 0 Å². The predicted molar refractivity (Wildman–Crippen MR) is 61.1 cm³/mol. The molecule has 2 heterocycles. The van der Waals surface area contributed by atoms with Crippen molar-refractivity contribution in [3.8, 4) is 0 Å².